The summed E-state index contributed by atoms with van der Waals surface area (Å²) in [4.78, 5) is 26.1. The molecule has 1 saturated heterocycles. The van der Waals surface area contributed by atoms with E-state index in [0.29, 0.717) is 12.2 Å². The predicted octanol–water partition coefficient (Wildman–Crippen LogP) is 6.99. The number of ether oxygens (including phenoxy) is 2. The Morgan fingerprint density at radius 3 is 2.11 bits per heavy atom. The number of aryl methyl sites for hydroxylation is 1. The molecule has 0 aromatic heterocycles. The molecule has 2 amide bonds. The quantitative estimate of drug-likeness (QED) is 0.0834. The van der Waals surface area contributed by atoms with Gasteiger partial charge in [-0.25, -0.2) is 8.42 Å². The zero-order chi connectivity index (χ0) is 38.8. The summed E-state index contributed by atoms with van der Waals surface area (Å²) >= 11 is 1.66. The van der Waals surface area contributed by atoms with Gasteiger partial charge in [0.05, 0.1) is 23.7 Å². The second-order valence-corrected chi connectivity index (χ2v) is 16.3. The summed E-state index contributed by atoms with van der Waals surface area (Å²) in [5.41, 5.74) is 5.93. The van der Waals surface area contributed by atoms with Crippen LogP contribution >= 0.6 is 11.8 Å². The summed E-state index contributed by atoms with van der Waals surface area (Å²) in [6, 6.07) is 37.8. The molecule has 0 radical (unpaired) electrons. The summed E-state index contributed by atoms with van der Waals surface area (Å²) in [5.74, 6) is 0.111. The molecular formula is C43H45N3O7S2. The van der Waals surface area contributed by atoms with Crippen LogP contribution < -0.4 is 15.4 Å². The van der Waals surface area contributed by atoms with Crippen molar-refractivity contribution in [3.63, 3.8) is 0 Å². The highest BCUT2D eigenvalue weighted by Gasteiger charge is 2.32. The minimum absolute atomic E-state index is 0.0406. The highest BCUT2D eigenvalue weighted by molar-refractivity contribution is 7.99. The molecule has 55 heavy (non-hydrogen) atoms. The second kappa shape index (κ2) is 18.7. The van der Waals surface area contributed by atoms with Crippen LogP contribution in [0.2, 0.25) is 0 Å². The van der Waals surface area contributed by atoms with E-state index in [2.05, 4.69) is 15.4 Å². The minimum Gasteiger partial charge on any atom is -0.392 e. The number of carbonyl (C=O) groups excluding carboxylic acids is 2. The van der Waals surface area contributed by atoms with Crippen LogP contribution in [0.4, 0.5) is 5.69 Å². The Morgan fingerprint density at radius 1 is 0.800 bits per heavy atom. The van der Waals surface area contributed by atoms with Crippen molar-refractivity contribution < 1.29 is 32.6 Å². The smallest absolute Gasteiger partial charge is 0.241 e. The summed E-state index contributed by atoms with van der Waals surface area (Å²) < 4.78 is 42.2. The lowest BCUT2D eigenvalue weighted by Gasteiger charge is -2.36. The Bertz CT molecular complexity index is 2130. The molecule has 1 heterocycles. The van der Waals surface area contributed by atoms with Gasteiger partial charge in [-0.3, -0.25) is 9.59 Å². The summed E-state index contributed by atoms with van der Waals surface area (Å²) in [7, 11) is -3.97. The molecule has 0 spiro atoms. The lowest BCUT2D eigenvalue weighted by atomic mass is 10.0. The molecule has 12 heteroatoms. The van der Waals surface area contributed by atoms with Crippen molar-refractivity contribution in [2.24, 2.45) is 0 Å². The molecule has 4 atom stereocenters. The minimum atomic E-state index is -3.97. The van der Waals surface area contributed by atoms with Crippen molar-refractivity contribution in [1.29, 1.82) is 0 Å². The lowest BCUT2D eigenvalue weighted by molar-refractivity contribution is -0.245. The van der Waals surface area contributed by atoms with Gasteiger partial charge in [0, 0.05) is 41.8 Å². The van der Waals surface area contributed by atoms with Gasteiger partial charge < -0.3 is 25.2 Å². The largest absolute Gasteiger partial charge is 0.392 e. The number of aliphatic hydroxyl groups excluding tert-OH is 1. The van der Waals surface area contributed by atoms with Gasteiger partial charge in [-0.1, -0.05) is 96.6 Å². The normalized spacial score (nSPS) is 17.6. The first-order chi connectivity index (χ1) is 26.5. The van der Waals surface area contributed by atoms with Crippen molar-refractivity contribution in [1.82, 2.24) is 10.0 Å². The van der Waals surface area contributed by atoms with Crippen molar-refractivity contribution in [2.45, 2.75) is 74.2 Å². The van der Waals surface area contributed by atoms with Crippen LogP contribution in [0.25, 0.3) is 0 Å². The molecule has 0 saturated carbocycles. The maximum atomic E-state index is 13.6. The van der Waals surface area contributed by atoms with Crippen LogP contribution in [-0.2, 0) is 48.7 Å². The summed E-state index contributed by atoms with van der Waals surface area (Å²) in [5, 5.41) is 15.3. The summed E-state index contributed by atoms with van der Waals surface area (Å²) in [6.45, 7) is 3.50. The van der Waals surface area contributed by atoms with Crippen LogP contribution in [0, 0.1) is 6.92 Å². The van der Waals surface area contributed by atoms with Crippen molar-refractivity contribution >= 4 is 39.3 Å². The molecule has 5 aromatic carbocycles. The number of sulfonamides is 1. The zero-order valence-corrected chi connectivity index (χ0v) is 32.3. The van der Waals surface area contributed by atoms with Crippen molar-refractivity contribution in [3.05, 3.63) is 161 Å². The van der Waals surface area contributed by atoms with E-state index < -0.39 is 28.3 Å². The third-order valence-corrected chi connectivity index (χ3v) is 11.8. The number of amides is 2. The van der Waals surface area contributed by atoms with Crippen LogP contribution in [-0.4, -0.2) is 43.2 Å². The van der Waals surface area contributed by atoms with Crippen molar-refractivity contribution in [2.75, 3.05) is 11.1 Å². The van der Waals surface area contributed by atoms with E-state index in [0.717, 1.165) is 44.0 Å². The van der Waals surface area contributed by atoms with E-state index in [1.54, 1.807) is 23.9 Å². The molecule has 4 N–H and O–H groups in total. The molecule has 5 aromatic rings. The number of benzene rings is 5. The molecule has 1 aliphatic rings. The number of thioether (sulfide) groups is 1. The van der Waals surface area contributed by atoms with Gasteiger partial charge in [0.2, 0.25) is 21.8 Å². The molecule has 0 unspecified atom stereocenters. The Kier molecular flexibility index (Phi) is 13.5. The number of aliphatic hydroxyl groups is 1. The van der Waals surface area contributed by atoms with E-state index >= 15 is 0 Å². The van der Waals surface area contributed by atoms with Gasteiger partial charge >= 0.3 is 0 Å². The van der Waals surface area contributed by atoms with Crippen molar-refractivity contribution in [3.8, 4) is 0 Å². The molecule has 1 fully saturated rings. The highest BCUT2D eigenvalue weighted by Crippen LogP contribution is 2.39. The number of carbonyl (C=O) groups is 2. The number of hydrogen-bond acceptors (Lipinski definition) is 8. The second-order valence-electron chi connectivity index (χ2n) is 13.5. The Balaban J connectivity index is 1.13. The van der Waals surface area contributed by atoms with E-state index in [1.807, 2.05) is 110 Å². The molecule has 10 nitrogen and oxygen atoms in total. The van der Waals surface area contributed by atoms with E-state index in [4.69, 9.17) is 9.47 Å². The van der Waals surface area contributed by atoms with E-state index in [9.17, 15) is 23.1 Å². The molecule has 6 rings (SSSR count). The van der Waals surface area contributed by atoms with Gasteiger partial charge in [-0.05, 0) is 72.0 Å². The highest BCUT2D eigenvalue weighted by atomic mass is 32.2. The fraction of sp³-hybridized carbons (Fsp3) is 0.256. The predicted molar refractivity (Wildman–Crippen MR) is 214 cm³/mol. The number of anilines is 1. The van der Waals surface area contributed by atoms with Crippen LogP contribution in [0.5, 0.6) is 0 Å². The zero-order valence-electron chi connectivity index (χ0n) is 30.7. The van der Waals surface area contributed by atoms with Crippen LogP contribution in [0.3, 0.4) is 0 Å². The SMILES string of the molecule is CC(=O)Nc1ccc(SC[C@H]2C[C@@H](c3ccc(CO)cc3)O[C@@H](c3ccc(CNC(=O)[C@@H](Cc4ccccc4)NS(=O)(=O)c4ccc(C)cc4)cc3)O2)cc1. The Labute approximate surface area is 326 Å². The summed E-state index contributed by atoms with van der Waals surface area (Å²) in [6.07, 6.45) is -0.236. The molecule has 0 aliphatic carbocycles. The number of hydrogen-bond donors (Lipinski definition) is 4. The standard InChI is InChI=1S/C43H45N3O7S2/c1-29-8-22-39(23-9-29)55(50,51)46-40(24-31-6-4-3-5-7-31)42(49)44-26-32-10-16-35(17-11-32)43-52-37(25-41(53-43)34-14-12-33(27-47)13-15-34)28-54-38-20-18-36(19-21-38)45-30(2)48/h3-23,37,40-41,43,46-47H,24-28H2,1-2H3,(H,44,49)(H,45,48)/t37-,40-,41+,43+/m1/s1. The van der Waals surface area contributed by atoms with Gasteiger partial charge in [0.25, 0.3) is 0 Å². The van der Waals surface area contributed by atoms with Gasteiger partial charge in [-0.15, -0.1) is 11.8 Å². The monoisotopic (exact) mass is 779 g/mol. The first-order valence-electron chi connectivity index (χ1n) is 18.0. The average Bonchev–Trinajstić information content (AvgIpc) is 3.20. The fourth-order valence-corrected chi connectivity index (χ4v) is 8.28. The molecule has 0 bridgehead atoms. The van der Waals surface area contributed by atoms with E-state index in [1.165, 1.54) is 19.1 Å². The maximum Gasteiger partial charge on any atom is 0.241 e. The van der Waals surface area contributed by atoms with Crippen LogP contribution in [0.15, 0.2) is 137 Å². The first kappa shape index (κ1) is 39.9. The molecular weight excluding hydrogens is 735 g/mol. The third kappa shape index (κ3) is 11.4. The third-order valence-electron chi connectivity index (χ3n) is 9.17. The fourth-order valence-electron chi connectivity index (χ4n) is 6.17. The van der Waals surface area contributed by atoms with Crippen LogP contribution in [0.1, 0.15) is 59.1 Å². The average molecular weight is 780 g/mol. The van der Waals surface area contributed by atoms with Gasteiger partial charge in [-0.2, -0.15) is 4.72 Å². The lowest BCUT2D eigenvalue weighted by Crippen LogP contribution is -2.47. The first-order valence-corrected chi connectivity index (χ1v) is 20.5. The Hall–Kier alpha value is -4.82. The topological polar surface area (TPSA) is 143 Å². The molecule has 286 valence electrons. The van der Waals surface area contributed by atoms with Gasteiger partial charge in [0.15, 0.2) is 6.29 Å². The number of rotatable bonds is 15. The Morgan fingerprint density at radius 2 is 1.45 bits per heavy atom. The van der Waals surface area contributed by atoms with E-state index in [-0.39, 0.29) is 42.6 Å². The molecule has 1 aliphatic heterocycles. The van der Waals surface area contributed by atoms with Gasteiger partial charge in [0.1, 0.15) is 6.04 Å². The number of nitrogens with one attached hydrogen (secondary N) is 3. The maximum absolute atomic E-state index is 13.6.